The number of ether oxygens (including phenoxy) is 6. The van der Waals surface area contributed by atoms with E-state index in [1.807, 2.05) is 48.5 Å². The first-order chi connectivity index (χ1) is 31.5. The second kappa shape index (κ2) is 25.0. The average molecular weight is 947 g/mol. The zero-order chi connectivity index (χ0) is 50.0. The van der Waals surface area contributed by atoms with Gasteiger partial charge in [0.1, 0.15) is 24.4 Å². The first-order valence-corrected chi connectivity index (χ1v) is 24.4. The van der Waals surface area contributed by atoms with Gasteiger partial charge in [-0.3, -0.25) is 4.79 Å². The first-order valence-electron chi connectivity index (χ1n) is 24.4. The topological polar surface area (TPSA) is 236 Å². The highest BCUT2D eigenvalue weighted by molar-refractivity contribution is 5.87. The van der Waals surface area contributed by atoms with Crippen LogP contribution in [0.1, 0.15) is 128 Å². The minimum atomic E-state index is -2.02. The number of rotatable bonds is 15. The second-order valence-corrected chi connectivity index (χ2v) is 19.8. The fourth-order valence-electron chi connectivity index (χ4n) is 9.87. The lowest BCUT2D eigenvalue weighted by molar-refractivity contribution is -0.339. The molecule has 16 heteroatoms. The molecular formula is C51H82N2O14. The highest BCUT2D eigenvalue weighted by Crippen LogP contribution is 2.43. The van der Waals surface area contributed by atoms with Crippen LogP contribution in [-0.2, 0) is 38.0 Å². The molecule has 0 saturated carbocycles. The molecule has 0 bridgehead atoms. The fraction of sp³-hybridized carbons (Fsp3) is 0.765. The molecule has 4 rings (SSSR count). The van der Waals surface area contributed by atoms with Crippen molar-refractivity contribution in [3.8, 4) is 0 Å². The summed E-state index contributed by atoms with van der Waals surface area (Å²) in [5.74, 6) is -6.98. The van der Waals surface area contributed by atoms with Crippen molar-refractivity contribution in [3.63, 3.8) is 0 Å². The third kappa shape index (κ3) is 14.8. The lowest BCUT2D eigenvalue weighted by Gasteiger charge is -2.49. The number of methoxy groups -OCH3 is 1. The van der Waals surface area contributed by atoms with Gasteiger partial charge in [-0.15, -0.1) is 0 Å². The molecule has 380 valence electrons. The summed E-state index contributed by atoms with van der Waals surface area (Å²) in [6, 6.07) is 0. The molecule has 4 aliphatic heterocycles. The van der Waals surface area contributed by atoms with Gasteiger partial charge in [-0.1, -0.05) is 102 Å². The van der Waals surface area contributed by atoms with Gasteiger partial charge in [0.25, 0.3) is 0 Å². The molecule has 0 aromatic rings. The van der Waals surface area contributed by atoms with Crippen molar-refractivity contribution in [2.45, 2.75) is 206 Å². The molecular weight excluding hydrogens is 865 g/mol. The molecule has 4 aliphatic rings. The summed E-state index contributed by atoms with van der Waals surface area (Å²) in [5, 5.41) is 78.3. The molecule has 0 aliphatic carbocycles. The van der Waals surface area contributed by atoms with Crippen LogP contribution in [0.3, 0.4) is 0 Å². The predicted octanol–water partition coefficient (Wildman–Crippen LogP) is 6.52. The van der Waals surface area contributed by atoms with Gasteiger partial charge in [0.2, 0.25) is 5.76 Å². The summed E-state index contributed by atoms with van der Waals surface area (Å²) >= 11 is 0. The molecule has 67 heavy (non-hydrogen) atoms. The zero-order valence-corrected chi connectivity index (χ0v) is 41.9. The van der Waals surface area contributed by atoms with E-state index < -0.39 is 114 Å². The third-order valence-electron chi connectivity index (χ3n) is 14.3. The Morgan fingerprint density at radius 2 is 1.70 bits per heavy atom. The Balaban J connectivity index is 1.59. The quantitative estimate of drug-likeness (QED) is 0.0758. The van der Waals surface area contributed by atoms with Crippen molar-refractivity contribution in [1.29, 1.82) is 0 Å². The normalized spacial score (nSPS) is 40.9. The van der Waals surface area contributed by atoms with E-state index in [9.17, 15) is 40.2 Å². The van der Waals surface area contributed by atoms with Gasteiger partial charge in [0.15, 0.2) is 17.7 Å². The maximum Gasteiger partial charge on any atom is 0.373 e. The van der Waals surface area contributed by atoms with Gasteiger partial charge in [-0.2, -0.15) is 10.2 Å². The van der Waals surface area contributed by atoms with Crippen molar-refractivity contribution >= 4 is 11.9 Å². The van der Waals surface area contributed by atoms with Crippen LogP contribution in [0, 0.1) is 35.5 Å². The fourth-order valence-corrected chi connectivity index (χ4v) is 9.87. The molecule has 0 radical (unpaired) electrons. The van der Waals surface area contributed by atoms with E-state index in [4.69, 9.17) is 28.4 Å². The first kappa shape index (κ1) is 56.3. The minimum Gasteiger partial charge on any atom is -0.490 e. The van der Waals surface area contributed by atoms with Crippen LogP contribution < -0.4 is 0 Å². The average Bonchev–Trinajstić information content (AvgIpc) is 4.05. The Bertz CT molecular complexity index is 1810. The van der Waals surface area contributed by atoms with Crippen LogP contribution in [0.4, 0.5) is 0 Å². The third-order valence-corrected chi connectivity index (χ3v) is 14.3. The predicted molar refractivity (Wildman–Crippen MR) is 251 cm³/mol. The maximum absolute atomic E-state index is 13.9. The van der Waals surface area contributed by atoms with E-state index in [2.05, 4.69) is 10.2 Å². The van der Waals surface area contributed by atoms with Crippen molar-refractivity contribution in [3.05, 3.63) is 59.4 Å². The number of allylic oxidation sites excluding steroid dienone is 6. The number of carbonyl (C=O) groups excluding carboxylic acids is 2. The molecule has 0 aromatic heterocycles. The largest absolute Gasteiger partial charge is 0.490 e. The van der Waals surface area contributed by atoms with E-state index in [0.29, 0.717) is 24.8 Å². The van der Waals surface area contributed by atoms with Crippen LogP contribution >= 0.6 is 0 Å². The summed E-state index contributed by atoms with van der Waals surface area (Å²) in [6.45, 7) is 20.0. The van der Waals surface area contributed by atoms with E-state index in [1.54, 1.807) is 58.1 Å². The van der Waals surface area contributed by atoms with E-state index >= 15 is 0 Å². The highest BCUT2D eigenvalue weighted by atomic mass is 16.7. The van der Waals surface area contributed by atoms with Crippen LogP contribution in [0.2, 0.25) is 0 Å². The smallest absolute Gasteiger partial charge is 0.373 e. The molecule has 18 atom stereocenters. The summed E-state index contributed by atoms with van der Waals surface area (Å²) in [4.78, 5) is 26.8. The molecule has 0 unspecified atom stereocenters. The Hall–Kier alpha value is -3.32. The van der Waals surface area contributed by atoms with Gasteiger partial charge in [-0.25, -0.2) is 4.79 Å². The number of cyclic esters (lactones) is 1. The molecule has 16 nitrogen and oxygen atoms in total. The van der Waals surface area contributed by atoms with E-state index in [0.717, 1.165) is 18.4 Å². The number of esters is 2. The summed E-state index contributed by atoms with van der Waals surface area (Å²) < 4.78 is 36.3. The van der Waals surface area contributed by atoms with Crippen LogP contribution in [0.15, 0.2) is 69.7 Å². The summed E-state index contributed by atoms with van der Waals surface area (Å²) in [6.07, 6.45) is 3.84. The summed E-state index contributed by atoms with van der Waals surface area (Å²) in [7, 11) is 1.31. The monoisotopic (exact) mass is 947 g/mol. The lowest BCUT2D eigenvalue weighted by atomic mass is 9.77. The van der Waals surface area contributed by atoms with Crippen molar-refractivity contribution < 1.29 is 68.6 Å². The van der Waals surface area contributed by atoms with Crippen LogP contribution in [0.5, 0.6) is 0 Å². The Morgan fingerprint density at radius 1 is 1.01 bits per heavy atom. The van der Waals surface area contributed by atoms with E-state index in [-0.39, 0.29) is 36.9 Å². The van der Waals surface area contributed by atoms with Gasteiger partial charge >= 0.3 is 11.9 Å². The molecule has 6 N–H and O–H groups in total. The minimum absolute atomic E-state index is 0.0276. The second-order valence-electron chi connectivity index (χ2n) is 19.8. The van der Waals surface area contributed by atoms with Gasteiger partial charge in [0, 0.05) is 55.3 Å². The standard InChI is InChI=1S/C51H82N2O14/c1-13-17-38-32(8)41(65-43-26-39(47(59)35(11)63-43)64-42(55)20-22-50(21-14-2)52-53-50)27-51(61,67-38)34(10)46(58)33(9)48-37(54)19-16-18-28(4)23-30(6)44(56)36(15-3)45(57)31(7)24-29(5)25-40(62-12)49(60)66-48/h13,16-19,24-25,30-39,41,43-48,54,56-59,61H,14-15,20-23,26-27H2,1-12H3/b17-13+,19-16+,28-18+,29-24+,40-25-/t30-,31-,32-,33+,34+,35+,36+,37+,38-,39+,41-,43-,44+,45-,46-,47+,48-,51-/m1/s1. The van der Waals surface area contributed by atoms with Crippen LogP contribution in [-0.4, -0.2) is 128 Å². The number of aliphatic hydroxyl groups excluding tert-OH is 5. The number of aliphatic hydroxyl groups is 6. The Morgan fingerprint density at radius 3 is 2.31 bits per heavy atom. The maximum atomic E-state index is 13.9. The van der Waals surface area contributed by atoms with Crippen molar-refractivity contribution in [1.82, 2.24) is 0 Å². The molecule has 0 spiro atoms. The number of hydrogen-bond acceptors (Lipinski definition) is 16. The number of nitrogens with zero attached hydrogens (tertiary/aromatic N) is 2. The molecule has 0 amide bonds. The Kier molecular flexibility index (Phi) is 21.0. The molecule has 4 heterocycles. The van der Waals surface area contributed by atoms with Crippen molar-refractivity contribution in [2.75, 3.05) is 7.11 Å². The Labute approximate surface area is 398 Å². The number of hydrogen-bond donors (Lipinski definition) is 6. The molecule has 2 saturated heterocycles. The summed E-state index contributed by atoms with van der Waals surface area (Å²) in [5.41, 5.74) is 0.969. The van der Waals surface area contributed by atoms with Crippen molar-refractivity contribution in [2.24, 2.45) is 45.7 Å². The SMILES string of the molecule is C/C=C/[C@H]1O[C@@](O)([C@@H](C)[C@H](O)[C@H](C)[C@H]2OC(=O)/C(OC)=C/C(C)=C/[C@@H](C)[C@@H](O)[C@@H](CC)[C@@H](O)[C@H](C)C/C(C)=C/C=C/[C@@H]2O)C[C@@H](O[C@@H]2C[C@H](OC(=O)CCC3(CCC)N=N3)[C@@H](O)[C@H](C)O2)[C@@H]1C. The molecule has 0 aromatic carbocycles. The van der Waals surface area contributed by atoms with Gasteiger partial charge in [-0.05, 0) is 59.0 Å². The van der Waals surface area contributed by atoms with Gasteiger partial charge in [0.05, 0.1) is 43.7 Å². The highest BCUT2D eigenvalue weighted by Gasteiger charge is 2.53. The zero-order valence-electron chi connectivity index (χ0n) is 41.9. The van der Waals surface area contributed by atoms with Crippen LogP contribution in [0.25, 0.3) is 0 Å². The number of carbonyl (C=O) groups is 2. The van der Waals surface area contributed by atoms with E-state index in [1.165, 1.54) is 19.3 Å². The van der Waals surface area contributed by atoms with Gasteiger partial charge < -0.3 is 59.1 Å². The molecule has 2 fully saturated rings. The lowest BCUT2D eigenvalue weighted by Crippen LogP contribution is -2.59.